The van der Waals surface area contributed by atoms with Crippen molar-refractivity contribution in [2.75, 3.05) is 0 Å². The molecule has 4 nitrogen and oxygen atoms in total. The van der Waals surface area contributed by atoms with Gasteiger partial charge in [0.25, 0.3) is 0 Å². The molecule has 7 aromatic carbocycles. The number of benzene rings is 7. The first kappa shape index (κ1) is 25.7. The van der Waals surface area contributed by atoms with Gasteiger partial charge in [-0.05, 0) is 77.9 Å². The fourth-order valence-electron chi connectivity index (χ4n) is 7.45. The monoisotopic (exact) mass is 599 g/mol. The fraction of sp³-hybridized carbons (Fsp3) is 0. The van der Waals surface area contributed by atoms with E-state index in [4.69, 9.17) is 4.42 Å². The summed E-state index contributed by atoms with van der Waals surface area (Å²) in [5.41, 5.74) is 11.1. The lowest BCUT2D eigenvalue weighted by Gasteiger charge is -2.16. The molecular weight excluding hydrogens is 574 g/mol. The van der Waals surface area contributed by atoms with Crippen LogP contribution in [0.25, 0.3) is 88.1 Å². The summed E-state index contributed by atoms with van der Waals surface area (Å²) in [6, 6.07) is 55.5. The maximum atomic E-state index is 9.77. The molecule has 0 atom stereocenters. The van der Waals surface area contributed by atoms with Gasteiger partial charge in [-0.25, -0.2) is 0 Å². The number of para-hydroxylation sites is 4. The van der Waals surface area contributed by atoms with E-state index in [2.05, 4.69) is 137 Å². The van der Waals surface area contributed by atoms with Gasteiger partial charge >= 0.3 is 0 Å². The highest BCUT2D eigenvalue weighted by Crippen LogP contribution is 2.40. The molecule has 0 fully saturated rings. The summed E-state index contributed by atoms with van der Waals surface area (Å²) in [5, 5.41) is 16.7. The predicted molar refractivity (Wildman–Crippen MR) is 193 cm³/mol. The van der Waals surface area contributed by atoms with Crippen molar-refractivity contribution in [1.29, 1.82) is 5.26 Å². The van der Waals surface area contributed by atoms with E-state index in [0.717, 1.165) is 71.9 Å². The molecule has 218 valence electrons. The van der Waals surface area contributed by atoms with E-state index < -0.39 is 0 Å². The molecule has 0 aliphatic heterocycles. The molecule has 0 N–H and O–H groups in total. The number of hydrogen-bond acceptors (Lipinski definition) is 2. The highest BCUT2D eigenvalue weighted by Gasteiger charge is 2.19. The Hall–Kier alpha value is -6.57. The van der Waals surface area contributed by atoms with Crippen molar-refractivity contribution < 1.29 is 4.42 Å². The standard InChI is InChI=1S/C43H25N3O/c44-26-27-10-9-11-28(20-27)29-21-30(45-38-16-5-1-12-32(38)33-13-2-6-17-39(33)45)23-31(22-29)46-40-18-7-3-14-34(40)36-25-43-37(24-41(36)46)35-15-4-8-19-42(35)47-43/h1-25H. The number of aromatic nitrogens is 2. The lowest BCUT2D eigenvalue weighted by molar-refractivity contribution is 0.669. The molecule has 10 rings (SSSR count). The number of nitriles is 1. The first-order valence-corrected chi connectivity index (χ1v) is 15.7. The van der Waals surface area contributed by atoms with Crippen LogP contribution in [0.2, 0.25) is 0 Å². The van der Waals surface area contributed by atoms with Crippen LogP contribution in [0, 0.1) is 11.3 Å². The maximum absolute atomic E-state index is 9.77. The molecule has 0 saturated carbocycles. The lowest BCUT2D eigenvalue weighted by atomic mass is 10.0. The molecule has 0 saturated heterocycles. The maximum Gasteiger partial charge on any atom is 0.136 e. The average Bonchev–Trinajstić information content (AvgIpc) is 3.78. The third-order valence-corrected chi connectivity index (χ3v) is 9.50. The Kier molecular flexibility index (Phi) is 5.32. The summed E-state index contributed by atoms with van der Waals surface area (Å²) in [6.07, 6.45) is 0. The van der Waals surface area contributed by atoms with Gasteiger partial charge in [0.1, 0.15) is 11.2 Å². The third-order valence-electron chi connectivity index (χ3n) is 9.50. The summed E-state index contributed by atoms with van der Waals surface area (Å²) in [4.78, 5) is 0. The second kappa shape index (κ2) is 9.71. The molecule has 0 unspecified atom stereocenters. The van der Waals surface area contributed by atoms with Gasteiger partial charge in [-0.2, -0.15) is 5.26 Å². The van der Waals surface area contributed by atoms with Gasteiger partial charge in [0.2, 0.25) is 0 Å². The van der Waals surface area contributed by atoms with E-state index in [0.29, 0.717) is 5.56 Å². The van der Waals surface area contributed by atoms with Crippen molar-refractivity contribution in [3.05, 3.63) is 157 Å². The number of rotatable bonds is 3. The zero-order chi connectivity index (χ0) is 31.1. The van der Waals surface area contributed by atoms with Crippen LogP contribution in [0.5, 0.6) is 0 Å². The van der Waals surface area contributed by atoms with Gasteiger partial charge in [-0.1, -0.05) is 84.9 Å². The Balaban J connectivity index is 1.34. The second-order valence-electron chi connectivity index (χ2n) is 12.1. The van der Waals surface area contributed by atoms with Crippen molar-refractivity contribution in [2.24, 2.45) is 0 Å². The van der Waals surface area contributed by atoms with E-state index in [9.17, 15) is 5.26 Å². The summed E-state index contributed by atoms with van der Waals surface area (Å²) < 4.78 is 11.1. The van der Waals surface area contributed by atoms with E-state index in [1.807, 2.05) is 30.3 Å². The second-order valence-corrected chi connectivity index (χ2v) is 12.1. The number of furan rings is 1. The first-order chi connectivity index (χ1) is 23.2. The number of hydrogen-bond donors (Lipinski definition) is 0. The lowest BCUT2D eigenvalue weighted by Crippen LogP contribution is -2.00. The molecule has 0 radical (unpaired) electrons. The van der Waals surface area contributed by atoms with Crippen LogP contribution in [0.1, 0.15) is 5.56 Å². The predicted octanol–water partition coefficient (Wildman–Crippen LogP) is 11.3. The van der Waals surface area contributed by atoms with Crippen LogP contribution in [0.4, 0.5) is 0 Å². The van der Waals surface area contributed by atoms with Gasteiger partial charge < -0.3 is 13.6 Å². The Bertz CT molecular complexity index is 2880. The van der Waals surface area contributed by atoms with Crippen molar-refractivity contribution in [2.45, 2.75) is 0 Å². The highest BCUT2D eigenvalue weighted by molar-refractivity contribution is 6.17. The van der Waals surface area contributed by atoms with Gasteiger partial charge in [-0.15, -0.1) is 0 Å². The molecule has 10 aromatic rings. The van der Waals surface area contributed by atoms with Crippen molar-refractivity contribution in [1.82, 2.24) is 9.13 Å². The largest absolute Gasteiger partial charge is 0.456 e. The van der Waals surface area contributed by atoms with Crippen molar-refractivity contribution in [3.63, 3.8) is 0 Å². The third kappa shape index (κ3) is 3.75. The normalized spacial score (nSPS) is 11.8. The summed E-state index contributed by atoms with van der Waals surface area (Å²) in [7, 11) is 0. The minimum absolute atomic E-state index is 0.636. The molecule has 0 aliphatic rings. The van der Waals surface area contributed by atoms with Gasteiger partial charge in [-0.3, -0.25) is 0 Å². The van der Waals surface area contributed by atoms with E-state index in [-0.39, 0.29) is 0 Å². The number of fused-ring (bicyclic) bond motifs is 9. The smallest absolute Gasteiger partial charge is 0.136 e. The van der Waals surface area contributed by atoms with Crippen LogP contribution in [-0.4, -0.2) is 9.13 Å². The Labute approximate surface area is 269 Å². The van der Waals surface area contributed by atoms with Gasteiger partial charge in [0.05, 0.1) is 33.7 Å². The molecule has 0 spiro atoms. The van der Waals surface area contributed by atoms with Crippen LogP contribution < -0.4 is 0 Å². The Morgan fingerprint density at radius 2 is 0.979 bits per heavy atom. The molecule has 3 aromatic heterocycles. The average molecular weight is 600 g/mol. The van der Waals surface area contributed by atoms with E-state index in [1.165, 1.54) is 16.2 Å². The molecule has 3 heterocycles. The zero-order valence-corrected chi connectivity index (χ0v) is 25.2. The number of nitrogens with zero attached hydrogens (tertiary/aromatic N) is 3. The Morgan fingerprint density at radius 1 is 0.404 bits per heavy atom. The van der Waals surface area contributed by atoms with Crippen molar-refractivity contribution in [3.8, 4) is 28.6 Å². The molecule has 0 amide bonds. The molecule has 0 bridgehead atoms. The Morgan fingerprint density at radius 3 is 1.64 bits per heavy atom. The zero-order valence-electron chi connectivity index (χ0n) is 25.2. The first-order valence-electron chi connectivity index (χ1n) is 15.7. The topological polar surface area (TPSA) is 46.8 Å². The minimum atomic E-state index is 0.636. The molecule has 0 aliphatic carbocycles. The fourth-order valence-corrected chi connectivity index (χ4v) is 7.45. The molecule has 4 heteroatoms. The van der Waals surface area contributed by atoms with Gasteiger partial charge in [0, 0.05) is 43.7 Å². The van der Waals surface area contributed by atoms with Crippen LogP contribution in [0.3, 0.4) is 0 Å². The molecular formula is C43H25N3O. The van der Waals surface area contributed by atoms with Crippen LogP contribution >= 0.6 is 0 Å². The SMILES string of the molecule is N#Cc1cccc(-c2cc(-n3c4ccccc4c4ccccc43)cc(-n3c4ccccc4c4cc5oc6ccccc6c5cc43)c2)c1. The summed E-state index contributed by atoms with van der Waals surface area (Å²) >= 11 is 0. The van der Waals surface area contributed by atoms with Crippen molar-refractivity contribution >= 4 is 65.6 Å². The van der Waals surface area contributed by atoms with Gasteiger partial charge in [0.15, 0.2) is 0 Å². The summed E-state index contributed by atoms with van der Waals surface area (Å²) in [6.45, 7) is 0. The summed E-state index contributed by atoms with van der Waals surface area (Å²) in [5.74, 6) is 0. The van der Waals surface area contributed by atoms with Crippen LogP contribution in [-0.2, 0) is 0 Å². The quantitative estimate of drug-likeness (QED) is 0.203. The van der Waals surface area contributed by atoms with E-state index in [1.54, 1.807) is 0 Å². The minimum Gasteiger partial charge on any atom is -0.456 e. The van der Waals surface area contributed by atoms with Crippen LogP contribution in [0.15, 0.2) is 156 Å². The highest BCUT2D eigenvalue weighted by atomic mass is 16.3. The molecule has 47 heavy (non-hydrogen) atoms. The van der Waals surface area contributed by atoms with E-state index >= 15 is 0 Å².